The first-order valence-corrected chi connectivity index (χ1v) is 5.57. The van der Waals surface area contributed by atoms with Crippen LogP contribution in [0.4, 0.5) is 4.39 Å². The van der Waals surface area contributed by atoms with Crippen molar-refractivity contribution in [3.8, 4) is 0 Å². The molecular formula is C12H18FN3O2. The number of halogens is 1. The van der Waals surface area contributed by atoms with Crippen molar-refractivity contribution in [1.82, 2.24) is 5.32 Å². The molecule has 5 nitrogen and oxygen atoms in total. The molecule has 0 heterocycles. The Labute approximate surface area is 105 Å². The van der Waals surface area contributed by atoms with E-state index in [4.69, 9.17) is 15.7 Å². The highest BCUT2D eigenvalue weighted by Crippen LogP contribution is 2.12. The van der Waals surface area contributed by atoms with Crippen molar-refractivity contribution in [2.75, 3.05) is 13.7 Å². The Hall–Kier alpha value is -1.66. The molecule has 1 aromatic rings. The lowest BCUT2D eigenvalue weighted by molar-refractivity contribution is 0.171. The van der Waals surface area contributed by atoms with Gasteiger partial charge in [-0.1, -0.05) is 17.3 Å². The van der Waals surface area contributed by atoms with E-state index in [1.165, 1.54) is 6.07 Å². The van der Waals surface area contributed by atoms with Gasteiger partial charge in [0, 0.05) is 25.3 Å². The van der Waals surface area contributed by atoms with Gasteiger partial charge in [-0.25, -0.2) is 4.39 Å². The molecule has 1 aromatic carbocycles. The normalized spacial score (nSPS) is 13.6. The van der Waals surface area contributed by atoms with Gasteiger partial charge in [-0.15, -0.1) is 0 Å². The number of ether oxygens (including phenoxy) is 1. The first-order chi connectivity index (χ1) is 8.60. The molecule has 0 aliphatic heterocycles. The van der Waals surface area contributed by atoms with E-state index in [0.717, 1.165) is 0 Å². The van der Waals surface area contributed by atoms with Crippen LogP contribution in [0.25, 0.3) is 0 Å². The molecule has 18 heavy (non-hydrogen) atoms. The minimum atomic E-state index is -0.482. The molecule has 0 radical (unpaired) electrons. The second kappa shape index (κ2) is 6.93. The largest absolute Gasteiger partial charge is 0.409 e. The predicted molar refractivity (Wildman–Crippen MR) is 67.1 cm³/mol. The van der Waals surface area contributed by atoms with E-state index in [1.807, 2.05) is 6.92 Å². The lowest BCUT2D eigenvalue weighted by Gasteiger charge is -2.13. The molecule has 0 aromatic heterocycles. The first-order valence-electron chi connectivity index (χ1n) is 5.57. The molecule has 0 bridgehead atoms. The minimum absolute atomic E-state index is 0.0937. The lowest BCUT2D eigenvalue weighted by Crippen LogP contribution is -2.30. The predicted octanol–water partition coefficient (Wildman–Crippen LogP) is 1.04. The van der Waals surface area contributed by atoms with Crippen LogP contribution in [0.1, 0.15) is 18.1 Å². The summed E-state index contributed by atoms with van der Waals surface area (Å²) >= 11 is 0. The van der Waals surface area contributed by atoms with E-state index in [9.17, 15) is 4.39 Å². The SMILES string of the molecule is COCC(C)NCc1cccc(/C(N)=N/O)c1F. The molecule has 0 aliphatic rings. The summed E-state index contributed by atoms with van der Waals surface area (Å²) in [5.74, 6) is -0.718. The highest BCUT2D eigenvalue weighted by Gasteiger charge is 2.11. The van der Waals surface area contributed by atoms with Crippen molar-refractivity contribution in [2.45, 2.75) is 19.5 Å². The molecule has 1 atom stereocenters. The lowest BCUT2D eigenvalue weighted by atomic mass is 10.1. The van der Waals surface area contributed by atoms with Crippen LogP contribution in [0, 0.1) is 5.82 Å². The quantitative estimate of drug-likeness (QED) is 0.307. The summed E-state index contributed by atoms with van der Waals surface area (Å²) in [5.41, 5.74) is 5.94. The molecule has 0 amide bonds. The molecule has 4 N–H and O–H groups in total. The Morgan fingerprint density at radius 3 is 2.94 bits per heavy atom. The summed E-state index contributed by atoms with van der Waals surface area (Å²) in [6, 6.07) is 4.89. The second-order valence-corrected chi connectivity index (χ2v) is 4.00. The third-order valence-corrected chi connectivity index (χ3v) is 2.52. The summed E-state index contributed by atoms with van der Waals surface area (Å²) in [7, 11) is 1.61. The zero-order valence-corrected chi connectivity index (χ0v) is 10.5. The summed E-state index contributed by atoms with van der Waals surface area (Å²) in [5, 5.41) is 14.5. The zero-order valence-electron chi connectivity index (χ0n) is 10.5. The smallest absolute Gasteiger partial charge is 0.173 e. The number of nitrogens with two attached hydrogens (primary N) is 1. The van der Waals surface area contributed by atoms with Crippen LogP contribution in [-0.4, -0.2) is 30.8 Å². The van der Waals surface area contributed by atoms with Crippen LogP contribution in [0.2, 0.25) is 0 Å². The van der Waals surface area contributed by atoms with Gasteiger partial charge in [0.05, 0.1) is 12.2 Å². The number of hydrogen-bond acceptors (Lipinski definition) is 4. The van der Waals surface area contributed by atoms with Gasteiger partial charge < -0.3 is 21.0 Å². The molecule has 0 spiro atoms. The highest BCUT2D eigenvalue weighted by molar-refractivity contribution is 5.97. The maximum Gasteiger partial charge on any atom is 0.173 e. The third-order valence-electron chi connectivity index (χ3n) is 2.52. The number of hydrogen-bond donors (Lipinski definition) is 3. The average molecular weight is 255 g/mol. The Bertz CT molecular complexity index is 424. The van der Waals surface area contributed by atoms with Crippen molar-refractivity contribution in [1.29, 1.82) is 0 Å². The van der Waals surface area contributed by atoms with Crippen LogP contribution in [0.15, 0.2) is 23.4 Å². The average Bonchev–Trinajstić information content (AvgIpc) is 2.37. The molecule has 0 saturated heterocycles. The Balaban J connectivity index is 2.78. The molecule has 0 aliphatic carbocycles. The Kier molecular flexibility index (Phi) is 5.54. The van der Waals surface area contributed by atoms with Gasteiger partial charge in [-0.2, -0.15) is 0 Å². The summed E-state index contributed by atoms with van der Waals surface area (Å²) in [6.45, 7) is 2.83. The van der Waals surface area contributed by atoms with Crippen molar-refractivity contribution in [3.63, 3.8) is 0 Å². The number of nitrogens with one attached hydrogen (secondary N) is 1. The zero-order chi connectivity index (χ0) is 13.5. The molecule has 0 fully saturated rings. The van der Waals surface area contributed by atoms with E-state index >= 15 is 0 Å². The van der Waals surface area contributed by atoms with Gasteiger partial charge in [0.25, 0.3) is 0 Å². The standard InChI is InChI=1S/C12H18FN3O2/c1-8(7-18-2)15-6-9-4-3-5-10(11(9)13)12(14)16-17/h3-5,8,15,17H,6-7H2,1-2H3,(H2,14,16). The van der Waals surface area contributed by atoms with Crippen LogP contribution in [0.5, 0.6) is 0 Å². The molecule has 6 heteroatoms. The summed E-state index contributed by atoms with van der Waals surface area (Å²) in [4.78, 5) is 0. The van der Waals surface area contributed by atoms with Gasteiger partial charge in [-0.05, 0) is 13.0 Å². The highest BCUT2D eigenvalue weighted by atomic mass is 19.1. The molecular weight excluding hydrogens is 237 g/mol. The van der Waals surface area contributed by atoms with E-state index in [1.54, 1.807) is 19.2 Å². The second-order valence-electron chi connectivity index (χ2n) is 4.00. The minimum Gasteiger partial charge on any atom is -0.409 e. The summed E-state index contributed by atoms with van der Waals surface area (Å²) in [6.07, 6.45) is 0. The van der Waals surface area contributed by atoms with E-state index in [2.05, 4.69) is 10.5 Å². The molecule has 0 saturated carbocycles. The fourth-order valence-corrected chi connectivity index (χ4v) is 1.56. The van der Waals surface area contributed by atoms with Crippen molar-refractivity contribution >= 4 is 5.84 Å². The monoisotopic (exact) mass is 255 g/mol. The Morgan fingerprint density at radius 1 is 1.61 bits per heavy atom. The maximum absolute atomic E-state index is 14.0. The number of amidine groups is 1. The van der Waals surface area contributed by atoms with Gasteiger partial charge in [0.15, 0.2) is 5.84 Å². The van der Waals surface area contributed by atoms with Crippen LogP contribution < -0.4 is 11.1 Å². The van der Waals surface area contributed by atoms with Gasteiger partial charge in [0.2, 0.25) is 0 Å². The van der Waals surface area contributed by atoms with E-state index in [0.29, 0.717) is 18.7 Å². The van der Waals surface area contributed by atoms with Crippen LogP contribution >= 0.6 is 0 Å². The van der Waals surface area contributed by atoms with E-state index < -0.39 is 5.82 Å². The van der Waals surface area contributed by atoms with Crippen molar-refractivity contribution < 1.29 is 14.3 Å². The number of oxime groups is 1. The topological polar surface area (TPSA) is 79.9 Å². The third kappa shape index (κ3) is 3.68. The number of benzene rings is 1. The fraction of sp³-hybridized carbons (Fsp3) is 0.417. The van der Waals surface area contributed by atoms with Crippen LogP contribution in [-0.2, 0) is 11.3 Å². The van der Waals surface area contributed by atoms with Crippen molar-refractivity contribution in [2.24, 2.45) is 10.9 Å². The maximum atomic E-state index is 14.0. The van der Waals surface area contributed by atoms with Gasteiger partial charge >= 0.3 is 0 Å². The number of methoxy groups -OCH3 is 1. The van der Waals surface area contributed by atoms with Gasteiger partial charge in [-0.3, -0.25) is 0 Å². The number of nitrogens with zero attached hydrogens (tertiary/aromatic N) is 1. The molecule has 1 unspecified atom stereocenters. The molecule has 100 valence electrons. The van der Waals surface area contributed by atoms with Gasteiger partial charge in [0.1, 0.15) is 5.82 Å². The summed E-state index contributed by atoms with van der Waals surface area (Å²) < 4.78 is 19.0. The van der Waals surface area contributed by atoms with Crippen LogP contribution in [0.3, 0.4) is 0 Å². The van der Waals surface area contributed by atoms with Crippen molar-refractivity contribution in [3.05, 3.63) is 35.1 Å². The fourth-order valence-electron chi connectivity index (χ4n) is 1.56. The number of rotatable bonds is 6. The first kappa shape index (κ1) is 14.4. The van der Waals surface area contributed by atoms with E-state index in [-0.39, 0.29) is 17.4 Å². The molecule has 1 rings (SSSR count). The Morgan fingerprint density at radius 2 is 2.33 bits per heavy atom.